The van der Waals surface area contributed by atoms with E-state index in [9.17, 15) is 5.26 Å². The zero-order chi connectivity index (χ0) is 10.3. The number of pyridine rings is 1. The van der Waals surface area contributed by atoms with Crippen molar-refractivity contribution in [2.45, 2.75) is 24.7 Å². The summed E-state index contributed by atoms with van der Waals surface area (Å²) in [6, 6.07) is 6.16. The Morgan fingerprint density at radius 2 is 2.33 bits per heavy atom. The molecular formula is C12H10N2O. The van der Waals surface area contributed by atoms with Crippen molar-refractivity contribution in [3.63, 3.8) is 0 Å². The average molecular weight is 198 g/mol. The van der Waals surface area contributed by atoms with Crippen LogP contribution in [0.3, 0.4) is 0 Å². The van der Waals surface area contributed by atoms with Crippen LogP contribution in [0.25, 0.3) is 11.0 Å². The van der Waals surface area contributed by atoms with Crippen molar-refractivity contribution in [1.82, 2.24) is 4.98 Å². The lowest BCUT2D eigenvalue weighted by Gasteiger charge is -2.32. The molecule has 2 aromatic rings. The number of fused-ring (bicyclic) bond motifs is 1. The van der Waals surface area contributed by atoms with Crippen LogP contribution in [-0.2, 0) is 5.41 Å². The van der Waals surface area contributed by atoms with Gasteiger partial charge in [0.05, 0.1) is 6.07 Å². The Morgan fingerprint density at radius 1 is 1.47 bits per heavy atom. The molecule has 3 heteroatoms. The molecule has 1 saturated carbocycles. The fourth-order valence-electron chi connectivity index (χ4n) is 2.06. The summed E-state index contributed by atoms with van der Waals surface area (Å²) in [6.45, 7) is 0. The second-order valence-corrected chi connectivity index (χ2v) is 4.07. The van der Waals surface area contributed by atoms with Crippen LogP contribution in [0.2, 0.25) is 0 Å². The van der Waals surface area contributed by atoms with Crippen LogP contribution in [-0.4, -0.2) is 4.98 Å². The normalized spacial score (nSPS) is 18.3. The van der Waals surface area contributed by atoms with E-state index in [-0.39, 0.29) is 5.41 Å². The van der Waals surface area contributed by atoms with E-state index in [2.05, 4.69) is 11.1 Å². The number of nitriles is 1. The van der Waals surface area contributed by atoms with E-state index in [0.29, 0.717) is 0 Å². The van der Waals surface area contributed by atoms with Crippen molar-refractivity contribution in [3.8, 4) is 6.07 Å². The molecule has 74 valence electrons. The number of hydrogen-bond acceptors (Lipinski definition) is 3. The third-order valence-electron chi connectivity index (χ3n) is 3.21. The Labute approximate surface area is 87.3 Å². The summed E-state index contributed by atoms with van der Waals surface area (Å²) in [7, 11) is 0. The first-order valence-corrected chi connectivity index (χ1v) is 5.09. The van der Waals surface area contributed by atoms with Crippen molar-refractivity contribution in [1.29, 1.82) is 5.26 Å². The molecule has 0 unspecified atom stereocenters. The molecule has 0 atom stereocenters. The highest BCUT2D eigenvalue weighted by Crippen LogP contribution is 2.44. The Balaban J connectivity index is 2.16. The van der Waals surface area contributed by atoms with Gasteiger partial charge in [0.25, 0.3) is 0 Å². The summed E-state index contributed by atoms with van der Waals surface area (Å²) >= 11 is 0. The molecule has 2 aromatic heterocycles. The zero-order valence-corrected chi connectivity index (χ0v) is 8.23. The van der Waals surface area contributed by atoms with Crippen LogP contribution in [0.15, 0.2) is 28.9 Å². The maximum Gasteiger partial charge on any atom is 0.137 e. The van der Waals surface area contributed by atoms with Gasteiger partial charge in [0, 0.05) is 17.8 Å². The Morgan fingerprint density at radius 3 is 2.93 bits per heavy atom. The van der Waals surface area contributed by atoms with Crippen LogP contribution in [0.4, 0.5) is 0 Å². The first-order valence-electron chi connectivity index (χ1n) is 5.09. The van der Waals surface area contributed by atoms with Gasteiger partial charge in [0.15, 0.2) is 0 Å². The molecule has 1 aliphatic carbocycles. The first kappa shape index (κ1) is 8.49. The molecule has 0 radical (unpaired) electrons. The van der Waals surface area contributed by atoms with Crippen LogP contribution in [0.1, 0.15) is 25.0 Å². The van der Waals surface area contributed by atoms with Gasteiger partial charge < -0.3 is 4.42 Å². The van der Waals surface area contributed by atoms with E-state index in [1.165, 1.54) is 0 Å². The minimum atomic E-state index is -0.362. The van der Waals surface area contributed by atoms with E-state index in [0.717, 1.165) is 36.0 Å². The quantitative estimate of drug-likeness (QED) is 0.707. The van der Waals surface area contributed by atoms with Gasteiger partial charge in [-0.25, -0.2) is 0 Å². The zero-order valence-electron chi connectivity index (χ0n) is 8.23. The summed E-state index contributed by atoms with van der Waals surface area (Å²) in [4.78, 5) is 4.04. The van der Waals surface area contributed by atoms with Crippen LogP contribution in [0.5, 0.6) is 0 Å². The van der Waals surface area contributed by atoms with Crippen LogP contribution < -0.4 is 0 Å². The van der Waals surface area contributed by atoms with Crippen molar-refractivity contribution < 1.29 is 4.42 Å². The maximum atomic E-state index is 9.19. The number of hydrogen-bond donors (Lipinski definition) is 0. The molecule has 1 aliphatic rings. The van der Waals surface area contributed by atoms with Gasteiger partial charge in [0.1, 0.15) is 16.8 Å². The van der Waals surface area contributed by atoms with Gasteiger partial charge in [-0.05, 0) is 31.4 Å². The SMILES string of the molecule is N#CC1(c2cc3cnccc3o2)CCC1. The first-order chi connectivity index (χ1) is 7.34. The standard InChI is InChI=1S/C12H10N2O/c13-8-12(3-1-4-12)11-6-9-7-14-5-2-10(9)15-11/h2,5-7H,1,3-4H2. The molecular weight excluding hydrogens is 188 g/mol. The maximum absolute atomic E-state index is 9.19. The Kier molecular flexibility index (Phi) is 1.60. The summed E-state index contributed by atoms with van der Waals surface area (Å²) in [5.41, 5.74) is 0.459. The van der Waals surface area contributed by atoms with Gasteiger partial charge >= 0.3 is 0 Å². The highest BCUT2D eigenvalue weighted by molar-refractivity contribution is 5.77. The molecule has 0 N–H and O–H groups in total. The molecule has 3 rings (SSSR count). The highest BCUT2D eigenvalue weighted by atomic mass is 16.3. The van der Waals surface area contributed by atoms with Crippen molar-refractivity contribution in [2.75, 3.05) is 0 Å². The van der Waals surface area contributed by atoms with E-state index >= 15 is 0 Å². The highest BCUT2D eigenvalue weighted by Gasteiger charge is 2.42. The van der Waals surface area contributed by atoms with Gasteiger partial charge in [-0.15, -0.1) is 0 Å². The summed E-state index contributed by atoms with van der Waals surface area (Å²) in [6.07, 6.45) is 6.41. The lowest BCUT2D eigenvalue weighted by Crippen LogP contribution is -2.31. The average Bonchev–Trinajstić information content (AvgIpc) is 2.60. The summed E-state index contributed by atoms with van der Waals surface area (Å²) < 4.78 is 5.70. The smallest absolute Gasteiger partial charge is 0.137 e. The number of nitrogens with zero attached hydrogens (tertiary/aromatic N) is 2. The Hall–Kier alpha value is -1.82. The molecule has 15 heavy (non-hydrogen) atoms. The van der Waals surface area contributed by atoms with Gasteiger partial charge in [-0.2, -0.15) is 5.26 Å². The van der Waals surface area contributed by atoms with E-state index in [1.807, 2.05) is 12.1 Å². The minimum Gasteiger partial charge on any atom is -0.459 e. The molecule has 2 heterocycles. The van der Waals surface area contributed by atoms with Crippen molar-refractivity contribution in [2.24, 2.45) is 0 Å². The number of furan rings is 1. The largest absolute Gasteiger partial charge is 0.459 e. The lowest BCUT2D eigenvalue weighted by molar-refractivity contribution is 0.274. The molecule has 0 aliphatic heterocycles. The third-order valence-corrected chi connectivity index (χ3v) is 3.21. The van der Waals surface area contributed by atoms with Crippen molar-refractivity contribution >= 4 is 11.0 Å². The number of rotatable bonds is 1. The predicted octanol–water partition coefficient (Wildman–Crippen LogP) is 2.77. The van der Waals surface area contributed by atoms with Gasteiger partial charge in [-0.1, -0.05) is 0 Å². The minimum absolute atomic E-state index is 0.362. The van der Waals surface area contributed by atoms with Crippen LogP contribution in [0, 0.1) is 11.3 Å². The molecule has 0 saturated heterocycles. The van der Waals surface area contributed by atoms with Gasteiger partial charge in [-0.3, -0.25) is 4.98 Å². The molecule has 3 nitrogen and oxygen atoms in total. The fraction of sp³-hybridized carbons (Fsp3) is 0.333. The molecule has 0 amide bonds. The van der Waals surface area contributed by atoms with E-state index < -0.39 is 0 Å². The summed E-state index contributed by atoms with van der Waals surface area (Å²) in [5, 5.41) is 10.2. The number of aromatic nitrogens is 1. The molecule has 0 aromatic carbocycles. The van der Waals surface area contributed by atoms with Crippen LogP contribution >= 0.6 is 0 Å². The Bertz CT molecular complexity index is 513. The van der Waals surface area contributed by atoms with Gasteiger partial charge in [0.2, 0.25) is 0 Å². The topological polar surface area (TPSA) is 49.8 Å². The second-order valence-electron chi connectivity index (χ2n) is 4.07. The summed E-state index contributed by atoms with van der Waals surface area (Å²) in [5.74, 6) is 0.805. The van der Waals surface area contributed by atoms with E-state index in [4.69, 9.17) is 4.42 Å². The third kappa shape index (κ3) is 1.08. The fourth-order valence-corrected chi connectivity index (χ4v) is 2.06. The predicted molar refractivity (Wildman–Crippen MR) is 55.2 cm³/mol. The lowest BCUT2D eigenvalue weighted by atomic mass is 9.68. The molecule has 1 fully saturated rings. The second kappa shape index (κ2) is 2.83. The van der Waals surface area contributed by atoms with E-state index in [1.54, 1.807) is 12.4 Å². The molecule has 0 bridgehead atoms. The molecule has 0 spiro atoms. The van der Waals surface area contributed by atoms with Crippen molar-refractivity contribution in [3.05, 3.63) is 30.3 Å². The monoisotopic (exact) mass is 198 g/mol.